The number of sulfonamides is 1. The highest BCUT2D eigenvalue weighted by Gasteiger charge is 2.37. The Morgan fingerprint density at radius 2 is 1.74 bits per heavy atom. The number of aryl methyl sites for hydroxylation is 1. The number of nitrogens with zero attached hydrogens (tertiary/aromatic N) is 5. The van der Waals surface area contributed by atoms with Crippen molar-refractivity contribution in [1.82, 2.24) is 24.7 Å². The van der Waals surface area contributed by atoms with Crippen LogP contribution in [0.25, 0.3) is 5.69 Å². The highest BCUT2D eigenvalue weighted by Crippen LogP contribution is 2.38. The summed E-state index contributed by atoms with van der Waals surface area (Å²) < 4.78 is 54.6. The Bertz CT molecular complexity index is 1320. The van der Waals surface area contributed by atoms with E-state index < -0.39 is 21.4 Å². The summed E-state index contributed by atoms with van der Waals surface area (Å²) in [5, 5.41) is 7.54. The smallest absolute Gasteiger partial charge is 0.243 e. The maximum absolute atomic E-state index is 13.8. The molecule has 0 bridgehead atoms. The summed E-state index contributed by atoms with van der Waals surface area (Å²) in [6.07, 6.45) is 2.79. The highest BCUT2D eigenvalue weighted by molar-refractivity contribution is 7.93. The summed E-state index contributed by atoms with van der Waals surface area (Å²) in [7, 11) is -1.03. The molecule has 1 aliphatic heterocycles. The number of nitrogens with one attached hydrogen (secondary N) is 1. The zero-order valence-electron chi connectivity index (χ0n) is 22.4. The Morgan fingerprint density at radius 1 is 1.08 bits per heavy atom. The van der Waals surface area contributed by atoms with E-state index in [9.17, 15) is 8.42 Å². The molecule has 12 nitrogen and oxygen atoms in total. The van der Waals surface area contributed by atoms with Gasteiger partial charge in [-0.25, -0.2) is 18.4 Å². The van der Waals surface area contributed by atoms with Crippen LogP contribution in [0.3, 0.4) is 0 Å². The van der Waals surface area contributed by atoms with Gasteiger partial charge in [-0.05, 0) is 51.8 Å². The van der Waals surface area contributed by atoms with E-state index in [-0.39, 0.29) is 23.8 Å². The van der Waals surface area contributed by atoms with Gasteiger partial charge < -0.3 is 18.9 Å². The number of methoxy groups -OCH3 is 2. The first-order valence-electron chi connectivity index (χ1n) is 12.4. The van der Waals surface area contributed by atoms with Crippen molar-refractivity contribution in [2.75, 3.05) is 32.2 Å². The van der Waals surface area contributed by atoms with Gasteiger partial charge in [-0.3, -0.25) is 9.29 Å². The van der Waals surface area contributed by atoms with Crippen LogP contribution < -0.4 is 14.2 Å². The number of anilines is 1. The molecule has 3 aromatic rings. The minimum Gasteiger partial charge on any atom is -0.494 e. The molecule has 206 valence electrons. The number of aromatic nitrogens is 5. The summed E-state index contributed by atoms with van der Waals surface area (Å²) >= 11 is 0. The molecule has 2 aromatic heterocycles. The predicted octanol–water partition coefficient (Wildman–Crippen LogP) is 3.18. The van der Waals surface area contributed by atoms with Crippen LogP contribution in [0.15, 0.2) is 30.6 Å². The Kier molecular flexibility index (Phi) is 8.48. The molecule has 0 aliphatic carbocycles. The van der Waals surface area contributed by atoms with Gasteiger partial charge in [0.1, 0.15) is 34.4 Å². The molecule has 4 rings (SSSR count). The zero-order chi connectivity index (χ0) is 27.4. The second-order valence-corrected chi connectivity index (χ2v) is 11.4. The highest BCUT2D eigenvalue weighted by atomic mass is 32.2. The van der Waals surface area contributed by atoms with Gasteiger partial charge in [-0.1, -0.05) is 6.07 Å². The van der Waals surface area contributed by atoms with Crippen LogP contribution in [0.1, 0.15) is 56.4 Å². The Balaban J connectivity index is 1.78. The second-order valence-electron chi connectivity index (χ2n) is 9.37. The molecule has 0 radical (unpaired) electrons. The molecule has 1 N–H and O–H groups in total. The first-order chi connectivity index (χ1) is 18.2. The van der Waals surface area contributed by atoms with Crippen molar-refractivity contribution in [3.05, 3.63) is 47.8 Å². The lowest BCUT2D eigenvalue weighted by molar-refractivity contribution is 0.00152. The number of hydrogen-bond acceptors (Lipinski definition) is 10. The van der Waals surface area contributed by atoms with Gasteiger partial charge in [-0.15, -0.1) is 10.2 Å². The number of para-hydroxylation sites is 1. The summed E-state index contributed by atoms with van der Waals surface area (Å²) in [5.41, 5.74) is 1.33. The van der Waals surface area contributed by atoms with Crippen LogP contribution in [-0.4, -0.2) is 71.9 Å². The molecule has 0 amide bonds. The molecule has 3 atom stereocenters. The fourth-order valence-corrected chi connectivity index (χ4v) is 5.33. The van der Waals surface area contributed by atoms with Crippen molar-refractivity contribution in [2.45, 2.75) is 57.5 Å². The molecule has 0 spiro atoms. The van der Waals surface area contributed by atoms with E-state index in [0.717, 1.165) is 5.56 Å². The second kappa shape index (κ2) is 11.6. The topological polar surface area (TPSA) is 140 Å². The number of benzene rings is 1. The number of hydrogen-bond donors (Lipinski definition) is 1. The van der Waals surface area contributed by atoms with Gasteiger partial charge in [0, 0.05) is 24.9 Å². The molecular formula is C25H34N6O6S. The predicted molar refractivity (Wildman–Crippen MR) is 140 cm³/mol. The van der Waals surface area contributed by atoms with Gasteiger partial charge in [-0.2, -0.15) is 0 Å². The third-order valence-corrected chi connectivity index (χ3v) is 7.93. The SMILES string of the molecule is COc1cccc(OC)c1-n1c(NS(=O)(=O)[C@@H](C)[C@@H](OC(C)C)c2ncc(C)cn2)nnc1[C@H]1CCOC1. The number of rotatable bonds is 11. The standard InChI is InChI=1S/C25H34N6O6S/c1-15(2)37-22(23-26-12-16(3)13-27-23)17(4)38(32,33)30-25-29-28-24(18-10-11-36-14-18)31(25)21-19(34-5)8-7-9-20(21)35-6/h7-9,12-13,15,17-18,22H,10-11,14H2,1-6H3,(H,29,30)/t17-,18-,22+/m0/s1. The lowest BCUT2D eigenvalue weighted by Gasteiger charge is -2.25. The van der Waals surface area contributed by atoms with Gasteiger partial charge >= 0.3 is 0 Å². The number of ether oxygens (including phenoxy) is 4. The molecule has 3 heterocycles. The molecule has 1 aromatic carbocycles. The van der Waals surface area contributed by atoms with Crippen molar-refractivity contribution in [2.24, 2.45) is 0 Å². The summed E-state index contributed by atoms with van der Waals surface area (Å²) in [5.74, 6) is 1.64. The summed E-state index contributed by atoms with van der Waals surface area (Å²) in [6.45, 7) is 8.07. The van der Waals surface area contributed by atoms with Gasteiger partial charge in [0.05, 0.1) is 26.9 Å². The van der Waals surface area contributed by atoms with E-state index in [2.05, 4.69) is 24.9 Å². The van der Waals surface area contributed by atoms with E-state index in [1.165, 1.54) is 14.2 Å². The molecular weight excluding hydrogens is 512 g/mol. The van der Waals surface area contributed by atoms with E-state index in [1.807, 2.05) is 20.8 Å². The van der Waals surface area contributed by atoms with Crippen LogP contribution in [0.4, 0.5) is 5.95 Å². The quantitative estimate of drug-likeness (QED) is 0.381. The Morgan fingerprint density at radius 3 is 2.29 bits per heavy atom. The minimum absolute atomic E-state index is 0.00493. The third kappa shape index (κ3) is 5.74. The largest absolute Gasteiger partial charge is 0.494 e. The van der Waals surface area contributed by atoms with Crippen molar-refractivity contribution in [3.8, 4) is 17.2 Å². The lowest BCUT2D eigenvalue weighted by atomic mass is 10.1. The molecule has 1 fully saturated rings. The molecule has 1 aliphatic rings. The molecule has 1 saturated heterocycles. The fraction of sp³-hybridized carbons (Fsp3) is 0.520. The first-order valence-corrected chi connectivity index (χ1v) is 13.9. The van der Waals surface area contributed by atoms with Crippen LogP contribution in [0.5, 0.6) is 11.5 Å². The van der Waals surface area contributed by atoms with Crippen LogP contribution in [-0.2, 0) is 19.5 Å². The van der Waals surface area contributed by atoms with Crippen molar-refractivity contribution >= 4 is 16.0 Å². The molecule has 0 unspecified atom stereocenters. The van der Waals surface area contributed by atoms with E-state index in [4.69, 9.17) is 18.9 Å². The van der Waals surface area contributed by atoms with Gasteiger partial charge in [0.2, 0.25) is 16.0 Å². The Labute approximate surface area is 222 Å². The van der Waals surface area contributed by atoms with E-state index in [0.29, 0.717) is 42.6 Å². The van der Waals surface area contributed by atoms with Crippen LogP contribution in [0, 0.1) is 6.92 Å². The molecule has 38 heavy (non-hydrogen) atoms. The Hall–Kier alpha value is -3.29. The first kappa shape index (κ1) is 27.7. The van der Waals surface area contributed by atoms with E-state index >= 15 is 0 Å². The maximum Gasteiger partial charge on any atom is 0.243 e. The summed E-state index contributed by atoms with van der Waals surface area (Å²) in [6, 6.07) is 5.30. The lowest BCUT2D eigenvalue weighted by Crippen LogP contribution is -2.35. The molecule has 13 heteroatoms. The average Bonchev–Trinajstić information content (AvgIpc) is 3.56. The van der Waals surface area contributed by atoms with Crippen molar-refractivity contribution < 1.29 is 27.4 Å². The maximum atomic E-state index is 13.8. The van der Waals surface area contributed by atoms with Gasteiger partial charge in [0.15, 0.2) is 5.82 Å². The van der Waals surface area contributed by atoms with E-state index in [1.54, 1.807) is 42.1 Å². The molecule has 0 saturated carbocycles. The average molecular weight is 547 g/mol. The summed E-state index contributed by atoms with van der Waals surface area (Å²) in [4.78, 5) is 8.66. The van der Waals surface area contributed by atoms with Gasteiger partial charge in [0.25, 0.3) is 0 Å². The monoisotopic (exact) mass is 546 g/mol. The van der Waals surface area contributed by atoms with Crippen molar-refractivity contribution in [1.29, 1.82) is 0 Å². The van der Waals surface area contributed by atoms with Crippen molar-refractivity contribution in [3.63, 3.8) is 0 Å². The normalized spacial score (nSPS) is 17.4. The minimum atomic E-state index is -4.09. The van der Waals surface area contributed by atoms with Crippen LogP contribution >= 0.6 is 0 Å². The zero-order valence-corrected chi connectivity index (χ0v) is 23.2. The third-order valence-electron chi connectivity index (χ3n) is 6.23. The van der Waals surface area contributed by atoms with Crippen LogP contribution in [0.2, 0.25) is 0 Å². The fourth-order valence-electron chi connectivity index (χ4n) is 4.24.